The maximum Gasteiger partial charge on any atom is 0.234 e. The van der Waals surface area contributed by atoms with Crippen LogP contribution in [0.4, 0.5) is 5.69 Å². The lowest BCUT2D eigenvalue weighted by molar-refractivity contribution is -0.113. The van der Waals surface area contributed by atoms with E-state index in [9.17, 15) is 4.79 Å². The molecule has 5 nitrogen and oxygen atoms in total. The van der Waals surface area contributed by atoms with Crippen molar-refractivity contribution in [2.24, 2.45) is 0 Å². The Bertz CT molecular complexity index is 1160. The Kier molecular flexibility index (Phi) is 6.04. The van der Waals surface area contributed by atoms with Crippen LogP contribution in [0.5, 0.6) is 0 Å². The molecule has 4 rings (SSSR count). The van der Waals surface area contributed by atoms with Crippen molar-refractivity contribution in [2.45, 2.75) is 11.6 Å². The number of carbonyl (C=O) groups excluding carboxylic acids is 1. The van der Waals surface area contributed by atoms with Crippen LogP contribution in [0.2, 0.25) is 10.0 Å². The summed E-state index contributed by atoms with van der Waals surface area (Å²) < 4.78 is 1.69. The fourth-order valence-corrected chi connectivity index (χ4v) is 4.15. The van der Waals surface area contributed by atoms with Gasteiger partial charge in [-0.15, -0.1) is 10.2 Å². The average molecular weight is 443 g/mol. The molecule has 0 saturated carbocycles. The minimum Gasteiger partial charge on any atom is -0.325 e. The number of anilines is 1. The number of carbonyl (C=O) groups is 1. The van der Waals surface area contributed by atoms with Gasteiger partial charge >= 0.3 is 0 Å². The molecule has 2 aromatic heterocycles. The van der Waals surface area contributed by atoms with Gasteiger partial charge in [0.15, 0.2) is 10.8 Å². The second-order valence-electron chi connectivity index (χ2n) is 6.34. The number of halogens is 2. The van der Waals surface area contributed by atoms with Crippen molar-refractivity contribution in [1.82, 2.24) is 14.6 Å². The lowest BCUT2D eigenvalue weighted by Gasteiger charge is -2.11. The van der Waals surface area contributed by atoms with Crippen molar-refractivity contribution in [3.05, 3.63) is 88.0 Å². The highest BCUT2D eigenvalue weighted by atomic mass is 35.5. The van der Waals surface area contributed by atoms with Crippen molar-refractivity contribution in [1.29, 1.82) is 0 Å². The Labute approximate surface area is 182 Å². The van der Waals surface area contributed by atoms with Gasteiger partial charge < -0.3 is 5.32 Å². The number of para-hydroxylation sites is 1. The molecule has 0 aliphatic rings. The zero-order valence-corrected chi connectivity index (χ0v) is 17.5. The zero-order chi connectivity index (χ0) is 20.2. The number of nitrogens with zero attached hydrogens (tertiary/aromatic N) is 3. The zero-order valence-electron chi connectivity index (χ0n) is 15.2. The highest BCUT2D eigenvalue weighted by molar-refractivity contribution is 7.99. The Morgan fingerprint density at radius 1 is 1.03 bits per heavy atom. The molecule has 0 bridgehead atoms. The van der Waals surface area contributed by atoms with Gasteiger partial charge in [-0.25, -0.2) is 0 Å². The maximum atomic E-state index is 12.5. The molecule has 0 fully saturated rings. The van der Waals surface area contributed by atoms with Crippen LogP contribution >= 0.6 is 35.0 Å². The molecule has 0 atom stereocenters. The van der Waals surface area contributed by atoms with Gasteiger partial charge in [0.1, 0.15) is 0 Å². The van der Waals surface area contributed by atoms with E-state index in [4.69, 9.17) is 23.2 Å². The molecule has 0 aliphatic heterocycles. The number of nitrogens with one attached hydrogen (secondary N) is 1. The third-order valence-electron chi connectivity index (χ3n) is 4.26. The molecule has 8 heteroatoms. The Hall–Kier alpha value is -2.54. The number of fused-ring (bicyclic) bond motifs is 1. The van der Waals surface area contributed by atoms with Crippen molar-refractivity contribution in [2.75, 3.05) is 11.1 Å². The van der Waals surface area contributed by atoms with Crippen molar-refractivity contribution >= 4 is 52.2 Å². The molecule has 2 heterocycles. The maximum absolute atomic E-state index is 12.5. The molecule has 2 aromatic carbocycles. The van der Waals surface area contributed by atoms with Crippen molar-refractivity contribution in [3.8, 4) is 0 Å². The van der Waals surface area contributed by atoms with Gasteiger partial charge in [0.05, 0.1) is 15.8 Å². The first-order valence-corrected chi connectivity index (χ1v) is 10.6. The molecule has 29 heavy (non-hydrogen) atoms. The van der Waals surface area contributed by atoms with Gasteiger partial charge in [0.2, 0.25) is 5.91 Å². The van der Waals surface area contributed by atoms with Crippen LogP contribution in [0.3, 0.4) is 0 Å². The molecule has 0 spiro atoms. The van der Waals surface area contributed by atoms with E-state index < -0.39 is 0 Å². The lowest BCUT2D eigenvalue weighted by atomic mass is 10.0. The second-order valence-corrected chi connectivity index (χ2v) is 8.12. The van der Waals surface area contributed by atoms with Crippen LogP contribution in [-0.4, -0.2) is 26.3 Å². The normalized spacial score (nSPS) is 11.0. The fraction of sp³-hybridized carbons (Fsp3) is 0.0952. The summed E-state index contributed by atoms with van der Waals surface area (Å²) in [5.41, 5.74) is 3.56. The van der Waals surface area contributed by atoms with Gasteiger partial charge in [-0.05, 0) is 29.7 Å². The number of amides is 1. The third-order valence-corrected chi connectivity index (χ3v) is 5.68. The fourth-order valence-electron chi connectivity index (χ4n) is 2.93. The van der Waals surface area contributed by atoms with E-state index in [0.29, 0.717) is 20.8 Å². The van der Waals surface area contributed by atoms with Gasteiger partial charge in [0, 0.05) is 11.9 Å². The van der Waals surface area contributed by atoms with E-state index in [2.05, 4.69) is 27.6 Å². The summed E-state index contributed by atoms with van der Waals surface area (Å²) in [5.74, 6) is 0.0605. The number of rotatable bonds is 6. The Balaban J connectivity index is 1.45. The topological polar surface area (TPSA) is 59.3 Å². The standard InChI is InChI=1S/C21H16Cl2N4OS/c22-16-11-17(23)20-25-26-21(27(20)12-16)29-13-19(28)24-18-9-5-4-8-15(18)10-14-6-2-1-3-7-14/h1-9,11-12H,10,13H2,(H,24,28). The monoisotopic (exact) mass is 442 g/mol. The summed E-state index contributed by atoms with van der Waals surface area (Å²) in [6.45, 7) is 0. The minimum atomic E-state index is -0.125. The van der Waals surface area contributed by atoms with Gasteiger partial charge in [-0.2, -0.15) is 0 Å². The summed E-state index contributed by atoms with van der Waals surface area (Å²) in [4.78, 5) is 12.5. The first-order valence-electron chi connectivity index (χ1n) is 8.84. The van der Waals surface area contributed by atoms with Gasteiger partial charge in [0.25, 0.3) is 0 Å². The lowest BCUT2D eigenvalue weighted by Crippen LogP contribution is -2.15. The summed E-state index contributed by atoms with van der Waals surface area (Å²) in [7, 11) is 0. The van der Waals surface area contributed by atoms with Crippen LogP contribution in [0.1, 0.15) is 11.1 Å². The summed E-state index contributed by atoms with van der Waals surface area (Å²) in [6, 6.07) is 19.6. The molecule has 4 aromatic rings. The number of aromatic nitrogens is 3. The quantitative estimate of drug-likeness (QED) is 0.408. The van der Waals surface area contributed by atoms with Crippen LogP contribution in [0, 0.1) is 0 Å². The molecule has 0 saturated heterocycles. The van der Waals surface area contributed by atoms with E-state index >= 15 is 0 Å². The summed E-state index contributed by atoms with van der Waals surface area (Å²) >= 11 is 13.5. The smallest absolute Gasteiger partial charge is 0.234 e. The van der Waals surface area contributed by atoms with E-state index in [1.54, 1.807) is 16.7 Å². The first kappa shape index (κ1) is 19.8. The molecule has 0 unspecified atom stereocenters. The minimum absolute atomic E-state index is 0.125. The first-order chi connectivity index (χ1) is 14.1. The summed E-state index contributed by atoms with van der Waals surface area (Å²) in [6.07, 6.45) is 2.43. The van der Waals surface area contributed by atoms with Crippen LogP contribution in [-0.2, 0) is 11.2 Å². The third kappa shape index (κ3) is 4.72. The molecule has 1 amide bonds. The Morgan fingerprint density at radius 2 is 1.79 bits per heavy atom. The average Bonchev–Trinajstić information content (AvgIpc) is 3.12. The van der Waals surface area contributed by atoms with Crippen LogP contribution in [0.25, 0.3) is 5.65 Å². The highest BCUT2D eigenvalue weighted by Gasteiger charge is 2.13. The molecule has 0 radical (unpaired) electrons. The SMILES string of the molecule is O=C(CSc1nnc2c(Cl)cc(Cl)cn12)Nc1ccccc1Cc1ccccc1. The number of hydrogen-bond donors (Lipinski definition) is 1. The van der Waals surface area contributed by atoms with Gasteiger partial charge in [-0.1, -0.05) is 83.5 Å². The second kappa shape index (κ2) is 8.86. The van der Waals surface area contributed by atoms with Crippen molar-refractivity contribution in [3.63, 3.8) is 0 Å². The molecular weight excluding hydrogens is 427 g/mol. The van der Waals surface area contributed by atoms with E-state index in [-0.39, 0.29) is 11.7 Å². The predicted molar refractivity (Wildman–Crippen MR) is 118 cm³/mol. The molecule has 1 N–H and O–H groups in total. The molecular formula is C21H16Cl2N4OS. The Morgan fingerprint density at radius 3 is 2.62 bits per heavy atom. The predicted octanol–water partition coefficient (Wildman–Crippen LogP) is 5.36. The van der Waals surface area contributed by atoms with Crippen molar-refractivity contribution < 1.29 is 4.79 Å². The van der Waals surface area contributed by atoms with Crippen LogP contribution in [0.15, 0.2) is 72.0 Å². The highest BCUT2D eigenvalue weighted by Crippen LogP contribution is 2.26. The molecule has 146 valence electrons. The number of thioether (sulfide) groups is 1. The van der Waals surface area contributed by atoms with E-state index in [0.717, 1.165) is 17.7 Å². The molecule has 0 aliphatic carbocycles. The van der Waals surface area contributed by atoms with E-state index in [1.165, 1.54) is 17.3 Å². The van der Waals surface area contributed by atoms with E-state index in [1.807, 2.05) is 42.5 Å². The summed E-state index contributed by atoms with van der Waals surface area (Å²) in [5, 5.41) is 12.6. The van der Waals surface area contributed by atoms with Gasteiger partial charge in [-0.3, -0.25) is 9.20 Å². The number of hydrogen-bond acceptors (Lipinski definition) is 4. The number of benzene rings is 2. The van der Waals surface area contributed by atoms with Crippen LogP contribution < -0.4 is 5.32 Å². The largest absolute Gasteiger partial charge is 0.325 e. The number of pyridine rings is 1.